The third-order valence-corrected chi connectivity index (χ3v) is 6.40. The Morgan fingerprint density at radius 1 is 0.750 bits per heavy atom. The van der Waals surface area contributed by atoms with E-state index in [9.17, 15) is 4.79 Å². The zero-order valence-corrected chi connectivity index (χ0v) is 20.0. The maximum absolute atomic E-state index is 13.5. The lowest BCUT2D eigenvalue weighted by molar-refractivity contribution is -0.113. The van der Waals surface area contributed by atoms with Gasteiger partial charge >= 0.3 is 0 Å². The van der Waals surface area contributed by atoms with Gasteiger partial charge < -0.3 is 4.42 Å². The molecule has 1 aliphatic heterocycles. The number of carbonyl (C=O) groups excluding carboxylic acids is 1. The SMILES string of the molecule is O=C1C(=Cc2ccc(-c3ccc(Br)cc3)o2)C=C(c2ccccc2)N1c1ccccc1Br. The molecule has 0 unspecified atom stereocenters. The first-order valence-corrected chi connectivity index (χ1v) is 11.6. The summed E-state index contributed by atoms with van der Waals surface area (Å²) in [6.45, 7) is 0. The summed E-state index contributed by atoms with van der Waals surface area (Å²) < 4.78 is 7.89. The van der Waals surface area contributed by atoms with Crippen molar-refractivity contribution in [2.75, 3.05) is 4.90 Å². The van der Waals surface area contributed by atoms with Gasteiger partial charge in [-0.15, -0.1) is 0 Å². The van der Waals surface area contributed by atoms with Gasteiger partial charge in [-0.25, -0.2) is 0 Å². The highest BCUT2D eigenvalue weighted by Crippen LogP contribution is 2.38. The fourth-order valence-corrected chi connectivity index (χ4v) is 4.39. The van der Waals surface area contributed by atoms with Crippen LogP contribution in [-0.4, -0.2) is 5.91 Å². The second-order valence-corrected chi connectivity index (χ2v) is 9.07. The van der Waals surface area contributed by atoms with E-state index in [0.717, 1.165) is 37.2 Å². The first-order chi connectivity index (χ1) is 15.6. The van der Waals surface area contributed by atoms with Crippen LogP contribution < -0.4 is 4.90 Å². The summed E-state index contributed by atoms with van der Waals surface area (Å²) in [6.07, 6.45) is 3.71. The van der Waals surface area contributed by atoms with Crippen LogP contribution in [0.15, 0.2) is 116 Å². The Bertz CT molecular complexity index is 1350. The molecule has 0 bridgehead atoms. The average molecular weight is 547 g/mol. The van der Waals surface area contributed by atoms with E-state index in [1.54, 1.807) is 11.0 Å². The van der Waals surface area contributed by atoms with Crippen LogP contribution in [-0.2, 0) is 4.79 Å². The van der Waals surface area contributed by atoms with Crippen molar-refractivity contribution in [2.24, 2.45) is 0 Å². The number of hydrogen-bond acceptors (Lipinski definition) is 2. The van der Waals surface area contributed by atoms with Gasteiger partial charge in [-0.3, -0.25) is 9.69 Å². The lowest BCUT2D eigenvalue weighted by atomic mass is 10.1. The third-order valence-electron chi connectivity index (χ3n) is 5.20. The largest absolute Gasteiger partial charge is 0.457 e. The molecule has 3 aromatic carbocycles. The Morgan fingerprint density at radius 3 is 2.22 bits per heavy atom. The molecule has 2 heterocycles. The molecule has 1 amide bonds. The zero-order valence-electron chi connectivity index (χ0n) is 16.8. The summed E-state index contributed by atoms with van der Waals surface area (Å²) in [5.41, 5.74) is 4.14. The highest BCUT2D eigenvalue weighted by atomic mass is 79.9. The van der Waals surface area contributed by atoms with Gasteiger partial charge in [0.05, 0.1) is 11.4 Å². The highest BCUT2D eigenvalue weighted by molar-refractivity contribution is 9.10. The summed E-state index contributed by atoms with van der Waals surface area (Å²) >= 11 is 7.04. The Morgan fingerprint density at radius 2 is 1.47 bits per heavy atom. The maximum atomic E-state index is 13.5. The van der Waals surface area contributed by atoms with E-state index in [0.29, 0.717) is 11.3 Å². The third kappa shape index (κ3) is 4.01. The smallest absolute Gasteiger partial charge is 0.263 e. The van der Waals surface area contributed by atoms with Gasteiger partial charge in [0.2, 0.25) is 0 Å². The molecule has 1 aromatic heterocycles. The molecule has 0 saturated carbocycles. The molecule has 0 spiro atoms. The Kier molecular flexibility index (Phi) is 5.68. The molecule has 0 aliphatic carbocycles. The topological polar surface area (TPSA) is 33.5 Å². The number of hydrogen-bond donors (Lipinski definition) is 0. The van der Waals surface area contributed by atoms with Crippen LogP contribution in [0, 0.1) is 0 Å². The van der Waals surface area contributed by atoms with Crippen LogP contribution in [0.5, 0.6) is 0 Å². The van der Waals surface area contributed by atoms with Gasteiger partial charge in [-0.05, 0) is 70.0 Å². The van der Waals surface area contributed by atoms with Crippen molar-refractivity contribution in [1.29, 1.82) is 0 Å². The molecule has 0 fully saturated rings. The van der Waals surface area contributed by atoms with E-state index in [-0.39, 0.29) is 5.91 Å². The van der Waals surface area contributed by atoms with Crippen molar-refractivity contribution in [2.45, 2.75) is 0 Å². The molecule has 4 aromatic rings. The van der Waals surface area contributed by atoms with Crippen molar-refractivity contribution in [3.63, 3.8) is 0 Å². The second-order valence-electron chi connectivity index (χ2n) is 7.30. The molecule has 156 valence electrons. The van der Waals surface area contributed by atoms with Crippen LogP contribution in [0.2, 0.25) is 0 Å². The first-order valence-electron chi connectivity index (χ1n) is 10.0. The van der Waals surface area contributed by atoms with Gasteiger partial charge in [0, 0.05) is 20.1 Å². The van der Waals surface area contributed by atoms with Crippen molar-refractivity contribution < 1.29 is 9.21 Å². The molecule has 0 N–H and O–H groups in total. The minimum absolute atomic E-state index is 0.0997. The van der Waals surface area contributed by atoms with E-state index in [2.05, 4.69) is 31.9 Å². The zero-order chi connectivity index (χ0) is 22.1. The maximum Gasteiger partial charge on any atom is 0.263 e. The normalized spacial score (nSPS) is 14.8. The number of benzene rings is 3. The molecular formula is C27H17Br2NO2. The number of furan rings is 1. The summed E-state index contributed by atoms with van der Waals surface area (Å²) in [7, 11) is 0. The predicted molar refractivity (Wildman–Crippen MR) is 136 cm³/mol. The highest BCUT2D eigenvalue weighted by Gasteiger charge is 2.31. The predicted octanol–water partition coefficient (Wildman–Crippen LogP) is 7.94. The van der Waals surface area contributed by atoms with Crippen LogP contribution in [0.25, 0.3) is 23.1 Å². The monoisotopic (exact) mass is 545 g/mol. The molecular weight excluding hydrogens is 530 g/mol. The van der Waals surface area contributed by atoms with E-state index in [1.807, 2.05) is 97.1 Å². The van der Waals surface area contributed by atoms with Gasteiger partial charge in [0.25, 0.3) is 5.91 Å². The Hall–Kier alpha value is -3.15. The van der Waals surface area contributed by atoms with Crippen LogP contribution in [0.3, 0.4) is 0 Å². The molecule has 32 heavy (non-hydrogen) atoms. The fourth-order valence-electron chi connectivity index (χ4n) is 3.66. The number of carbonyl (C=O) groups is 1. The van der Waals surface area contributed by atoms with E-state index in [4.69, 9.17) is 4.42 Å². The number of amides is 1. The molecule has 0 saturated heterocycles. The van der Waals surface area contributed by atoms with Crippen LogP contribution in [0.1, 0.15) is 11.3 Å². The summed E-state index contributed by atoms with van der Waals surface area (Å²) in [4.78, 5) is 15.2. The Labute approximate surface area is 202 Å². The fraction of sp³-hybridized carbons (Fsp3) is 0. The lowest BCUT2D eigenvalue weighted by Gasteiger charge is -2.22. The molecule has 1 aliphatic rings. The van der Waals surface area contributed by atoms with Gasteiger partial charge in [-0.1, -0.05) is 70.5 Å². The van der Waals surface area contributed by atoms with Gasteiger partial charge in [0.15, 0.2) is 0 Å². The van der Waals surface area contributed by atoms with Crippen molar-refractivity contribution in [1.82, 2.24) is 0 Å². The number of para-hydroxylation sites is 1. The first kappa shape index (κ1) is 20.7. The standard InChI is InChI=1S/C27H17Br2NO2/c28-21-12-10-19(11-13-21)26-15-14-22(32-26)16-20-17-25(18-6-2-1-3-7-18)30(27(20)31)24-9-5-4-8-23(24)29/h1-17H. The molecule has 5 rings (SSSR count). The van der Waals surface area contributed by atoms with Gasteiger partial charge in [0.1, 0.15) is 11.5 Å². The summed E-state index contributed by atoms with van der Waals surface area (Å²) in [5.74, 6) is 1.28. The average Bonchev–Trinajstić information content (AvgIpc) is 3.41. The summed E-state index contributed by atoms with van der Waals surface area (Å²) in [6, 6.07) is 29.4. The molecule has 5 heteroatoms. The number of anilines is 1. The quantitative estimate of drug-likeness (QED) is 0.243. The van der Waals surface area contributed by atoms with E-state index < -0.39 is 0 Å². The lowest BCUT2D eigenvalue weighted by Crippen LogP contribution is -2.25. The molecule has 3 nitrogen and oxygen atoms in total. The molecule has 0 radical (unpaired) electrons. The molecule has 0 atom stereocenters. The second kappa shape index (κ2) is 8.77. The van der Waals surface area contributed by atoms with Crippen LogP contribution >= 0.6 is 31.9 Å². The minimum atomic E-state index is -0.0997. The minimum Gasteiger partial charge on any atom is -0.457 e. The van der Waals surface area contributed by atoms with E-state index >= 15 is 0 Å². The van der Waals surface area contributed by atoms with Gasteiger partial charge in [-0.2, -0.15) is 0 Å². The number of rotatable bonds is 4. The van der Waals surface area contributed by atoms with Crippen molar-refractivity contribution in [3.8, 4) is 11.3 Å². The number of halogens is 2. The summed E-state index contributed by atoms with van der Waals surface area (Å²) in [5, 5.41) is 0. The Balaban J connectivity index is 1.55. The van der Waals surface area contributed by atoms with Crippen molar-refractivity contribution in [3.05, 3.63) is 123 Å². The van der Waals surface area contributed by atoms with E-state index in [1.165, 1.54) is 0 Å². The number of nitrogens with zero attached hydrogens (tertiary/aromatic N) is 1. The van der Waals surface area contributed by atoms with Crippen molar-refractivity contribution >= 4 is 55.2 Å². The van der Waals surface area contributed by atoms with Crippen LogP contribution in [0.4, 0.5) is 5.69 Å².